The average molecular weight is 250 g/mol. The minimum absolute atomic E-state index is 0.599. The molecule has 2 saturated carbocycles. The molecule has 0 heterocycles. The maximum Gasteiger partial charge on any atom is -0.0297 e. The smallest absolute Gasteiger partial charge is 0.0297 e. The van der Waals surface area contributed by atoms with Crippen molar-refractivity contribution in [2.24, 2.45) is 35.0 Å². The Bertz CT molecular complexity index is 265. The van der Waals surface area contributed by atoms with Crippen LogP contribution in [0.5, 0.6) is 0 Å². The van der Waals surface area contributed by atoms with Crippen molar-refractivity contribution in [2.75, 3.05) is 0 Å². The van der Waals surface area contributed by atoms with Crippen molar-refractivity contribution >= 4 is 0 Å². The van der Waals surface area contributed by atoms with Gasteiger partial charge in [-0.25, -0.2) is 0 Å². The van der Waals surface area contributed by atoms with Crippen LogP contribution in [0.2, 0.25) is 0 Å². The van der Waals surface area contributed by atoms with Crippen LogP contribution in [0.15, 0.2) is 0 Å². The monoisotopic (exact) mass is 250 g/mol. The molecule has 0 aromatic carbocycles. The van der Waals surface area contributed by atoms with Gasteiger partial charge in [0.25, 0.3) is 0 Å². The van der Waals surface area contributed by atoms with E-state index in [0.717, 1.165) is 29.6 Å². The summed E-state index contributed by atoms with van der Waals surface area (Å²) in [6.45, 7) is 12.4. The Hall–Kier alpha value is 0. The van der Waals surface area contributed by atoms with Gasteiger partial charge in [-0.05, 0) is 60.7 Å². The van der Waals surface area contributed by atoms with Crippen molar-refractivity contribution in [3.63, 3.8) is 0 Å². The molecule has 0 aromatic heterocycles. The van der Waals surface area contributed by atoms with Gasteiger partial charge in [0.05, 0.1) is 0 Å². The molecule has 0 heteroatoms. The fraction of sp³-hybridized carbons (Fsp3) is 1.00. The third-order valence-corrected chi connectivity index (χ3v) is 6.80. The summed E-state index contributed by atoms with van der Waals surface area (Å²) in [7, 11) is 0. The first-order valence-electron chi connectivity index (χ1n) is 8.48. The molecule has 2 aliphatic rings. The Morgan fingerprint density at radius 1 is 0.889 bits per heavy atom. The molecule has 18 heavy (non-hydrogen) atoms. The fourth-order valence-corrected chi connectivity index (χ4v) is 4.97. The lowest BCUT2D eigenvalue weighted by atomic mass is 9.67. The summed E-state index contributed by atoms with van der Waals surface area (Å²) < 4.78 is 0. The Morgan fingerprint density at radius 3 is 2.11 bits per heavy atom. The average Bonchev–Trinajstić information content (AvgIpc) is 2.95. The van der Waals surface area contributed by atoms with Crippen molar-refractivity contribution in [1.82, 2.24) is 0 Å². The Kier molecular flexibility index (Phi) is 4.44. The summed E-state index contributed by atoms with van der Waals surface area (Å²) in [4.78, 5) is 0. The van der Waals surface area contributed by atoms with Gasteiger partial charge in [0.2, 0.25) is 0 Å². The molecule has 5 atom stereocenters. The maximum absolute atomic E-state index is 2.59. The minimum atomic E-state index is 0.599. The van der Waals surface area contributed by atoms with Gasteiger partial charge in [0.1, 0.15) is 0 Å². The van der Waals surface area contributed by atoms with E-state index in [2.05, 4.69) is 34.6 Å². The lowest BCUT2D eigenvalue weighted by Gasteiger charge is -2.38. The van der Waals surface area contributed by atoms with Gasteiger partial charge >= 0.3 is 0 Å². The Balaban J connectivity index is 1.99. The van der Waals surface area contributed by atoms with Crippen LogP contribution in [0.3, 0.4) is 0 Å². The first-order valence-corrected chi connectivity index (χ1v) is 8.48. The Morgan fingerprint density at radius 2 is 1.61 bits per heavy atom. The first-order chi connectivity index (χ1) is 8.48. The second-order valence-electron chi connectivity index (χ2n) is 7.92. The summed E-state index contributed by atoms with van der Waals surface area (Å²) in [5.41, 5.74) is 0.599. The number of rotatable bonds is 4. The lowest BCUT2D eigenvalue weighted by Crippen LogP contribution is -2.30. The molecule has 2 aliphatic carbocycles. The van der Waals surface area contributed by atoms with Crippen LogP contribution in [0.25, 0.3) is 0 Å². The topological polar surface area (TPSA) is 0 Å². The molecule has 0 radical (unpaired) electrons. The van der Waals surface area contributed by atoms with E-state index >= 15 is 0 Å². The van der Waals surface area contributed by atoms with Crippen LogP contribution in [-0.4, -0.2) is 0 Å². The first kappa shape index (κ1) is 14.4. The van der Waals surface area contributed by atoms with Crippen molar-refractivity contribution < 1.29 is 0 Å². The van der Waals surface area contributed by atoms with Crippen molar-refractivity contribution in [1.29, 1.82) is 0 Å². The van der Waals surface area contributed by atoms with Crippen LogP contribution in [0.4, 0.5) is 0 Å². The molecule has 0 bridgehead atoms. The van der Waals surface area contributed by atoms with E-state index < -0.39 is 0 Å². The van der Waals surface area contributed by atoms with Gasteiger partial charge in [0, 0.05) is 0 Å². The Labute approximate surface area is 115 Å². The van der Waals surface area contributed by atoms with E-state index in [0.29, 0.717) is 5.41 Å². The molecule has 2 rings (SSSR count). The third-order valence-electron chi connectivity index (χ3n) is 6.80. The second kappa shape index (κ2) is 5.55. The summed E-state index contributed by atoms with van der Waals surface area (Å²) in [6.07, 6.45) is 10.3. The van der Waals surface area contributed by atoms with E-state index in [1.54, 1.807) is 0 Å². The van der Waals surface area contributed by atoms with Crippen molar-refractivity contribution in [3.05, 3.63) is 0 Å². The third kappa shape index (κ3) is 2.63. The highest BCUT2D eigenvalue weighted by molar-refractivity contribution is 4.94. The summed E-state index contributed by atoms with van der Waals surface area (Å²) in [5.74, 6) is 5.03. The standard InChI is InChI=1S/C18H34/c1-6-14-8-9-16(11-14)18(4,5)17-10-13(3)15(7-2)12-17/h13-17H,6-12H2,1-5H3/t13?,14-,15+,16-,17-/m0/s1. The number of hydrogen-bond acceptors (Lipinski definition) is 0. The van der Waals surface area contributed by atoms with Crippen LogP contribution >= 0.6 is 0 Å². The zero-order valence-corrected chi connectivity index (χ0v) is 13.3. The quantitative estimate of drug-likeness (QED) is 0.581. The summed E-state index contributed by atoms with van der Waals surface area (Å²) >= 11 is 0. The molecule has 0 aromatic rings. The van der Waals surface area contributed by atoms with Gasteiger partial charge in [-0.3, -0.25) is 0 Å². The molecule has 0 N–H and O–H groups in total. The van der Waals surface area contributed by atoms with Crippen molar-refractivity contribution in [3.8, 4) is 0 Å². The molecule has 0 nitrogen and oxygen atoms in total. The van der Waals surface area contributed by atoms with E-state index in [1.807, 2.05) is 0 Å². The van der Waals surface area contributed by atoms with Gasteiger partial charge in [0.15, 0.2) is 0 Å². The number of hydrogen-bond donors (Lipinski definition) is 0. The van der Waals surface area contributed by atoms with E-state index in [4.69, 9.17) is 0 Å². The normalized spacial score (nSPS) is 41.5. The predicted octanol–water partition coefficient (Wildman–Crippen LogP) is 5.91. The lowest BCUT2D eigenvalue weighted by molar-refractivity contribution is 0.112. The zero-order chi connectivity index (χ0) is 13.3. The van der Waals surface area contributed by atoms with Gasteiger partial charge in [-0.2, -0.15) is 0 Å². The largest absolute Gasteiger partial charge is 0.0651 e. The molecule has 1 unspecified atom stereocenters. The summed E-state index contributed by atoms with van der Waals surface area (Å²) in [6, 6.07) is 0. The molecule has 0 amide bonds. The predicted molar refractivity (Wildman–Crippen MR) is 80.6 cm³/mol. The highest BCUT2D eigenvalue weighted by atomic mass is 14.5. The molecule has 106 valence electrons. The molecule has 2 fully saturated rings. The van der Waals surface area contributed by atoms with Gasteiger partial charge in [-0.1, -0.05) is 53.9 Å². The van der Waals surface area contributed by atoms with Crippen molar-refractivity contribution in [2.45, 2.75) is 79.6 Å². The molecule has 0 aliphatic heterocycles. The molecular formula is C18H34. The fourth-order valence-electron chi connectivity index (χ4n) is 4.97. The minimum Gasteiger partial charge on any atom is -0.0651 e. The zero-order valence-electron chi connectivity index (χ0n) is 13.3. The van der Waals surface area contributed by atoms with E-state index in [1.165, 1.54) is 44.9 Å². The summed E-state index contributed by atoms with van der Waals surface area (Å²) in [5, 5.41) is 0. The highest BCUT2D eigenvalue weighted by Gasteiger charge is 2.44. The van der Waals surface area contributed by atoms with E-state index in [9.17, 15) is 0 Å². The molecular weight excluding hydrogens is 216 g/mol. The molecule has 0 saturated heterocycles. The van der Waals surface area contributed by atoms with Gasteiger partial charge < -0.3 is 0 Å². The molecule has 0 spiro atoms. The van der Waals surface area contributed by atoms with Crippen LogP contribution in [-0.2, 0) is 0 Å². The maximum atomic E-state index is 2.59. The van der Waals surface area contributed by atoms with Crippen LogP contribution in [0.1, 0.15) is 79.6 Å². The van der Waals surface area contributed by atoms with E-state index in [-0.39, 0.29) is 0 Å². The van der Waals surface area contributed by atoms with Gasteiger partial charge in [-0.15, -0.1) is 0 Å². The highest BCUT2D eigenvalue weighted by Crippen LogP contribution is 2.54. The SMILES string of the molecule is CC[C@H]1CC[C@H](C(C)(C)[C@H]2CC(C)[C@H](CC)C2)C1. The van der Waals surface area contributed by atoms with Crippen LogP contribution in [0, 0.1) is 35.0 Å². The van der Waals surface area contributed by atoms with Crippen LogP contribution < -0.4 is 0 Å². The second-order valence-corrected chi connectivity index (χ2v) is 7.92.